The van der Waals surface area contributed by atoms with E-state index >= 15 is 0 Å². The molecule has 1 N–H and O–H groups in total. The number of aromatic nitrogens is 1. The second kappa shape index (κ2) is 6.13. The molecule has 0 saturated heterocycles. The second-order valence-electron chi connectivity index (χ2n) is 4.11. The Morgan fingerprint density at radius 2 is 2.05 bits per heavy atom. The summed E-state index contributed by atoms with van der Waals surface area (Å²) in [6.07, 6.45) is -4.35. The number of aryl methyl sites for hydroxylation is 1. The lowest BCUT2D eigenvalue weighted by atomic mass is 10.3. The van der Waals surface area contributed by atoms with Crippen LogP contribution in [0.3, 0.4) is 0 Å². The third kappa shape index (κ3) is 4.41. The molecule has 3 nitrogen and oxygen atoms in total. The summed E-state index contributed by atoms with van der Waals surface area (Å²) in [4.78, 5) is 4.28. The number of para-hydroxylation sites is 2. The Kier molecular flexibility index (Phi) is 4.49. The van der Waals surface area contributed by atoms with Gasteiger partial charge in [0.1, 0.15) is 5.75 Å². The average Bonchev–Trinajstić information content (AvgIpc) is 2.80. The van der Waals surface area contributed by atoms with Crippen LogP contribution in [0.5, 0.6) is 5.75 Å². The average molecular weight is 302 g/mol. The van der Waals surface area contributed by atoms with Gasteiger partial charge in [0.25, 0.3) is 0 Å². The Morgan fingerprint density at radius 3 is 2.70 bits per heavy atom. The molecule has 0 atom stereocenters. The highest BCUT2D eigenvalue weighted by Crippen LogP contribution is 2.26. The Labute approximate surface area is 118 Å². The molecule has 2 rings (SSSR count). The molecule has 0 saturated carbocycles. The van der Waals surface area contributed by atoms with Crippen molar-refractivity contribution < 1.29 is 17.9 Å². The van der Waals surface area contributed by atoms with E-state index in [4.69, 9.17) is 4.74 Å². The number of thiazole rings is 1. The molecule has 0 bridgehead atoms. The van der Waals surface area contributed by atoms with Crippen LogP contribution in [0.25, 0.3) is 0 Å². The van der Waals surface area contributed by atoms with E-state index in [9.17, 15) is 13.2 Å². The van der Waals surface area contributed by atoms with Crippen molar-refractivity contribution >= 4 is 17.0 Å². The van der Waals surface area contributed by atoms with E-state index in [1.165, 1.54) is 17.4 Å². The summed E-state index contributed by atoms with van der Waals surface area (Å²) < 4.78 is 41.3. The van der Waals surface area contributed by atoms with Crippen LogP contribution in [0.1, 0.15) is 10.7 Å². The molecular weight excluding hydrogens is 289 g/mol. The fourth-order valence-corrected chi connectivity index (χ4v) is 2.19. The smallest absolute Gasteiger partial charge is 0.422 e. The van der Waals surface area contributed by atoms with E-state index < -0.39 is 12.8 Å². The van der Waals surface area contributed by atoms with Crippen molar-refractivity contribution in [2.45, 2.75) is 19.6 Å². The molecule has 2 aromatic rings. The minimum Gasteiger partial charge on any atom is -0.482 e. The first-order valence-electron chi connectivity index (χ1n) is 5.87. The van der Waals surface area contributed by atoms with Gasteiger partial charge in [-0.1, -0.05) is 12.1 Å². The van der Waals surface area contributed by atoms with Crippen molar-refractivity contribution in [2.75, 3.05) is 11.9 Å². The lowest BCUT2D eigenvalue weighted by molar-refractivity contribution is -0.153. The van der Waals surface area contributed by atoms with E-state index in [-0.39, 0.29) is 5.75 Å². The van der Waals surface area contributed by atoms with E-state index in [0.29, 0.717) is 12.2 Å². The molecule has 1 heterocycles. The monoisotopic (exact) mass is 302 g/mol. The highest BCUT2D eigenvalue weighted by Gasteiger charge is 2.28. The molecule has 0 aliphatic rings. The van der Waals surface area contributed by atoms with Gasteiger partial charge < -0.3 is 10.1 Å². The van der Waals surface area contributed by atoms with Crippen LogP contribution in [0.15, 0.2) is 29.6 Å². The summed E-state index contributed by atoms with van der Waals surface area (Å²) in [5, 5.41) is 5.88. The molecule has 0 fully saturated rings. The normalized spacial score (nSPS) is 11.4. The number of hydrogen-bond donors (Lipinski definition) is 1. The van der Waals surface area contributed by atoms with Gasteiger partial charge in [0.05, 0.1) is 22.9 Å². The number of rotatable bonds is 5. The molecule has 7 heteroatoms. The van der Waals surface area contributed by atoms with Gasteiger partial charge in [0.2, 0.25) is 0 Å². The van der Waals surface area contributed by atoms with Crippen LogP contribution in [0.4, 0.5) is 18.9 Å². The third-order valence-corrected chi connectivity index (χ3v) is 3.23. The molecule has 0 spiro atoms. The number of nitrogens with one attached hydrogen (secondary N) is 1. The zero-order valence-corrected chi connectivity index (χ0v) is 11.5. The van der Waals surface area contributed by atoms with E-state index in [2.05, 4.69) is 10.3 Å². The SMILES string of the molecule is Cc1nc(CNc2ccccc2OCC(F)(F)F)cs1. The first kappa shape index (κ1) is 14.6. The number of benzene rings is 1. The van der Waals surface area contributed by atoms with Crippen molar-refractivity contribution in [3.63, 3.8) is 0 Å². The Bertz CT molecular complexity index is 569. The van der Waals surface area contributed by atoms with Crippen LogP contribution in [0.2, 0.25) is 0 Å². The van der Waals surface area contributed by atoms with E-state index in [0.717, 1.165) is 10.7 Å². The van der Waals surface area contributed by atoms with Crippen molar-refractivity contribution in [1.82, 2.24) is 4.98 Å². The maximum absolute atomic E-state index is 12.2. The summed E-state index contributed by atoms with van der Waals surface area (Å²) in [7, 11) is 0. The van der Waals surface area contributed by atoms with Gasteiger partial charge >= 0.3 is 6.18 Å². The Hall–Kier alpha value is -1.76. The standard InChI is InChI=1S/C13H13F3N2OS/c1-9-18-10(7-20-9)6-17-11-4-2-3-5-12(11)19-8-13(14,15)16/h2-5,7,17H,6,8H2,1H3. The zero-order chi connectivity index (χ0) is 14.6. The second-order valence-corrected chi connectivity index (χ2v) is 5.17. The maximum atomic E-state index is 12.2. The molecule has 0 radical (unpaired) electrons. The van der Waals surface area contributed by atoms with Crippen molar-refractivity contribution in [3.05, 3.63) is 40.3 Å². The number of ether oxygens (including phenoxy) is 1. The summed E-state index contributed by atoms with van der Waals surface area (Å²) in [5.41, 5.74) is 1.36. The lowest BCUT2D eigenvalue weighted by Gasteiger charge is -2.13. The third-order valence-electron chi connectivity index (χ3n) is 2.40. The minimum absolute atomic E-state index is 0.178. The van der Waals surface area contributed by atoms with Crippen molar-refractivity contribution in [3.8, 4) is 5.75 Å². The summed E-state index contributed by atoms with van der Waals surface area (Å²) in [6, 6.07) is 6.53. The highest BCUT2D eigenvalue weighted by molar-refractivity contribution is 7.09. The lowest BCUT2D eigenvalue weighted by Crippen LogP contribution is -2.19. The molecule has 0 aliphatic heterocycles. The molecule has 0 unspecified atom stereocenters. The topological polar surface area (TPSA) is 34.2 Å². The predicted molar refractivity (Wildman–Crippen MR) is 72.2 cm³/mol. The Morgan fingerprint density at radius 1 is 1.30 bits per heavy atom. The maximum Gasteiger partial charge on any atom is 0.422 e. The number of hydrogen-bond acceptors (Lipinski definition) is 4. The van der Waals surface area contributed by atoms with E-state index in [1.54, 1.807) is 18.2 Å². The number of nitrogens with zero attached hydrogens (tertiary/aromatic N) is 1. The van der Waals surface area contributed by atoms with E-state index in [1.807, 2.05) is 12.3 Å². The molecule has 20 heavy (non-hydrogen) atoms. The quantitative estimate of drug-likeness (QED) is 0.906. The summed E-state index contributed by atoms with van der Waals surface area (Å²) in [6.45, 7) is 1.03. The van der Waals surface area contributed by atoms with Crippen molar-refractivity contribution in [1.29, 1.82) is 0 Å². The summed E-state index contributed by atoms with van der Waals surface area (Å²) in [5.74, 6) is 0.178. The first-order chi connectivity index (χ1) is 9.44. The predicted octanol–water partition coefficient (Wildman–Crippen LogP) is 4.00. The van der Waals surface area contributed by atoms with Crippen LogP contribution >= 0.6 is 11.3 Å². The Balaban J connectivity index is 2.00. The van der Waals surface area contributed by atoms with Gasteiger partial charge in [-0.2, -0.15) is 13.2 Å². The minimum atomic E-state index is -4.35. The molecule has 0 amide bonds. The van der Waals surface area contributed by atoms with Crippen molar-refractivity contribution in [2.24, 2.45) is 0 Å². The summed E-state index contributed by atoms with van der Waals surface area (Å²) >= 11 is 1.53. The van der Waals surface area contributed by atoms with Crippen LogP contribution in [-0.2, 0) is 6.54 Å². The molecule has 1 aromatic carbocycles. The van der Waals surface area contributed by atoms with Gasteiger partial charge in [0, 0.05) is 5.38 Å². The number of halogens is 3. The zero-order valence-electron chi connectivity index (χ0n) is 10.7. The highest BCUT2D eigenvalue weighted by atomic mass is 32.1. The molecular formula is C13H13F3N2OS. The first-order valence-corrected chi connectivity index (χ1v) is 6.75. The largest absolute Gasteiger partial charge is 0.482 e. The number of anilines is 1. The van der Waals surface area contributed by atoms with Crippen LogP contribution < -0.4 is 10.1 Å². The number of alkyl halides is 3. The fourth-order valence-electron chi connectivity index (χ4n) is 1.57. The molecule has 0 aliphatic carbocycles. The molecule has 1 aromatic heterocycles. The van der Waals surface area contributed by atoms with Gasteiger partial charge in [-0.05, 0) is 19.1 Å². The fraction of sp³-hybridized carbons (Fsp3) is 0.308. The van der Waals surface area contributed by atoms with Gasteiger partial charge in [-0.25, -0.2) is 4.98 Å². The van der Waals surface area contributed by atoms with Crippen LogP contribution in [0, 0.1) is 6.92 Å². The van der Waals surface area contributed by atoms with Gasteiger partial charge in [-0.15, -0.1) is 11.3 Å². The van der Waals surface area contributed by atoms with Gasteiger partial charge in [-0.3, -0.25) is 0 Å². The van der Waals surface area contributed by atoms with Crippen LogP contribution in [-0.4, -0.2) is 17.8 Å². The molecule has 108 valence electrons. The van der Waals surface area contributed by atoms with Gasteiger partial charge in [0.15, 0.2) is 6.61 Å².